The molecule has 1 fully saturated rings. The molecule has 0 radical (unpaired) electrons. The predicted molar refractivity (Wildman–Crippen MR) is 111 cm³/mol. The number of fused-ring (bicyclic) bond motifs is 1. The molecule has 1 aliphatic carbocycles. The number of rotatable bonds is 6. The van der Waals surface area contributed by atoms with Crippen LogP contribution in [0.25, 0.3) is 5.69 Å². The van der Waals surface area contributed by atoms with Gasteiger partial charge in [-0.05, 0) is 49.3 Å². The van der Waals surface area contributed by atoms with Crippen molar-refractivity contribution < 1.29 is 9.90 Å². The molecule has 1 aliphatic heterocycles. The third-order valence-corrected chi connectivity index (χ3v) is 6.35. The van der Waals surface area contributed by atoms with Crippen molar-refractivity contribution in [1.82, 2.24) is 25.2 Å². The molecule has 0 bridgehead atoms. The van der Waals surface area contributed by atoms with Gasteiger partial charge in [-0.1, -0.05) is 36.6 Å². The Morgan fingerprint density at radius 1 is 1.28 bits per heavy atom. The number of benzene rings is 1. The number of aliphatic hydroxyl groups excluding tert-OH is 1. The van der Waals surface area contributed by atoms with Gasteiger partial charge in [-0.2, -0.15) is 0 Å². The highest BCUT2D eigenvalue weighted by Gasteiger charge is 2.23. The second kappa shape index (κ2) is 9.05. The lowest BCUT2D eigenvalue weighted by molar-refractivity contribution is 0.0938. The lowest BCUT2D eigenvalue weighted by atomic mass is 9.89. The number of β-amino-alcohol motifs (C(OH)–C–C–N with tert-alkyl or cyclic N) is 1. The molecule has 0 unspecified atom stereocenters. The lowest BCUT2D eigenvalue weighted by Gasteiger charge is -2.29. The maximum Gasteiger partial charge on any atom is 0.273 e. The fourth-order valence-corrected chi connectivity index (χ4v) is 4.66. The van der Waals surface area contributed by atoms with E-state index in [-0.39, 0.29) is 12.5 Å². The van der Waals surface area contributed by atoms with Crippen molar-refractivity contribution in [3.8, 4) is 5.69 Å². The normalized spacial score (nSPS) is 17.9. The topological polar surface area (TPSA) is 83.3 Å². The first kappa shape index (κ1) is 20.0. The number of hydrogen-bond acceptors (Lipinski definition) is 5. The molecule has 7 nitrogen and oxygen atoms in total. The number of carbonyl (C=O) groups excluding carboxylic acids is 1. The Labute approximate surface area is 172 Å². The standard InChI is InChI=1S/C22H31N5O2/c1-16-21(22(29)23-14-17-6-3-2-4-7-17)24-25-27(16)20-9-5-8-18-15-26(12-13-28)11-10-19(18)20/h5,8-9,17,28H,2-4,6-7,10-15H2,1H3,(H,23,29). The summed E-state index contributed by atoms with van der Waals surface area (Å²) in [6.45, 7) is 5.25. The van der Waals surface area contributed by atoms with E-state index in [1.54, 1.807) is 4.68 Å². The van der Waals surface area contributed by atoms with Crippen molar-refractivity contribution >= 4 is 5.91 Å². The highest BCUT2D eigenvalue weighted by Crippen LogP contribution is 2.26. The molecule has 2 N–H and O–H groups in total. The summed E-state index contributed by atoms with van der Waals surface area (Å²) in [5.74, 6) is 0.462. The molecule has 2 aliphatic rings. The first-order valence-electron chi connectivity index (χ1n) is 10.8. The molecule has 0 spiro atoms. The summed E-state index contributed by atoms with van der Waals surface area (Å²) >= 11 is 0. The van der Waals surface area contributed by atoms with E-state index in [2.05, 4.69) is 26.6 Å². The SMILES string of the molecule is Cc1c(C(=O)NCC2CCCCC2)nnn1-c1cccc2c1CCN(CCO)C2. The van der Waals surface area contributed by atoms with Crippen molar-refractivity contribution in [2.24, 2.45) is 5.92 Å². The molecule has 2 aromatic rings. The summed E-state index contributed by atoms with van der Waals surface area (Å²) in [5, 5.41) is 20.8. The Hall–Kier alpha value is -2.25. The third-order valence-electron chi connectivity index (χ3n) is 6.35. The van der Waals surface area contributed by atoms with Gasteiger partial charge in [0.2, 0.25) is 0 Å². The minimum Gasteiger partial charge on any atom is -0.395 e. The first-order chi connectivity index (χ1) is 14.2. The van der Waals surface area contributed by atoms with Gasteiger partial charge < -0.3 is 10.4 Å². The average molecular weight is 398 g/mol. The zero-order valence-electron chi connectivity index (χ0n) is 17.2. The van der Waals surface area contributed by atoms with Crippen LogP contribution in [0.4, 0.5) is 0 Å². The van der Waals surface area contributed by atoms with Gasteiger partial charge in [0.05, 0.1) is 18.0 Å². The van der Waals surface area contributed by atoms with E-state index in [0.717, 1.165) is 37.4 Å². The van der Waals surface area contributed by atoms with Crippen molar-refractivity contribution in [3.63, 3.8) is 0 Å². The fourth-order valence-electron chi connectivity index (χ4n) is 4.66. The van der Waals surface area contributed by atoms with Crippen molar-refractivity contribution in [2.75, 3.05) is 26.2 Å². The molecule has 4 rings (SSSR count). The van der Waals surface area contributed by atoms with Crippen LogP contribution >= 0.6 is 0 Å². The van der Waals surface area contributed by atoms with Crippen LogP contribution in [0.15, 0.2) is 18.2 Å². The number of hydrogen-bond donors (Lipinski definition) is 2. The highest BCUT2D eigenvalue weighted by atomic mass is 16.3. The van der Waals surface area contributed by atoms with Gasteiger partial charge in [-0.25, -0.2) is 4.68 Å². The molecule has 2 heterocycles. The van der Waals surface area contributed by atoms with Gasteiger partial charge in [0.15, 0.2) is 5.69 Å². The van der Waals surface area contributed by atoms with E-state index in [4.69, 9.17) is 0 Å². The van der Waals surface area contributed by atoms with Gasteiger partial charge in [0, 0.05) is 26.2 Å². The quantitative estimate of drug-likeness (QED) is 0.781. The van der Waals surface area contributed by atoms with Crippen molar-refractivity contribution in [1.29, 1.82) is 0 Å². The van der Waals surface area contributed by atoms with Crippen LogP contribution in [0.1, 0.15) is 59.4 Å². The Balaban J connectivity index is 1.50. The predicted octanol–water partition coefficient (Wildman–Crippen LogP) is 2.24. The van der Waals surface area contributed by atoms with E-state index in [1.165, 1.54) is 43.2 Å². The molecule has 0 atom stereocenters. The summed E-state index contributed by atoms with van der Waals surface area (Å²) in [5.41, 5.74) is 4.69. The number of amides is 1. The molecule has 0 saturated heterocycles. The first-order valence-corrected chi connectivity index (χ1v) is 10.8. The van der Waals surface area contributed by atoms with Gasteiger partial charge in [-0.3, -0.25) is 9.69 Å². The monoisotopic (exact) mass is 397 g/mol. The van der Waals surface area contributed by atoms with Crippen molar-refractivity contribution in [2.45, 2.75) is 52.0 Å². The molecule has 29 heavy (non-hydrogen) atoms. The summed E-state index contributed by atoms with van der Waals surface area (Å²) in [4.78, 5) is 15.0. The fraction of sp³-hybridized carbons (Fsp3) is 0.591. The second-order valence-corrected chi connectivity index (χ2v) is 8.31. The summed E-state index contributed by atoms with van der Waals surface area (Å²) in [6, 6.07) is 6.21. The second-order valence-electron chi connectivity index (χ2n) is 8.31. The van der Waals surface area contributed by atoms with E-state index >= 15 is 0 Å². The number of carbonyl (C=O) groups is 1. The summed E-state index contributed by atoms with van der Waals surface area (Å²) < 4.78 is 1.80. The van der Waals surface area contributed by atoms with Crippen LogP contribution in [-0.2, 0) is 13.0 Å². The Bertz CT molecular complexity index is 857. The Kier molecular flexibility index (Phi) is 6.25. The van der Waals surface area contributed by atoms with Gasteiger partial charge in [0.1, 0.15) is 0 Å². The molecule has 156 valence electrons. The lowest BCUT2D eigenvalue weighted by Crippen LogP contribution is -2.33. The van der Waals surface area contributed by atoms with E-state index in [9.17, 15) is 9.90 Å². The highest BCUT2D eigenvalue weighted by molar-refractivity contribution is 5.93. The average Bonchev–Trinajstić information content (AvgIpc) is 3.13. The zero-order chi connectivity index (χ0) is 20.2. The maximum absolute atomic E-state index is 12.7. The number of nitrogens with one attached hydrogen (secondary N) is 1. The molecule has 1 saturated carbocycles. The molecular weight excluding hydrogens is 366 g/mol. The number of nitrogens with zero attached hydrogens (tertiary/aromatic N) is 4. The molecular formula is C22H31N5O2. The number of aliphatic hydroxyl groups is 1. The smallest absolute Gasteiger partial charge is 0.273 e. The molecule has 1 aromatic carbocycles. The van der Waals surface area contributed by atoms with Crippen molar-refractivity contribution in [3.05, 3.63) is 40.7 Å². The Morgan fingerprint density at radius 3 is 2.90 bits per heavy atom. The summed E-state index contributed by atoms with van der Waals surface area (Å²) in [7, 11) is 0. The molecule has 1 amide bonds. The third kappa shape index (κ3) is 4.36. The maximum atomic E-state index is 12.7. The van der Waals surface area contributed by atoms with E-state index < -0.39 is 0 Å². The van der Waals surface area contributed by atoms with Gasteiger partial charge in [0.25, 0.3) is 5.91 Å². The minimum absolute atomic E-state index is 0.127. The van der Waals surface area contributed by atoms with E-state index in [0.29, 0.717) is 18.2 Å². The van der Waals surface area contributed by atoms with Crippen LogP contribution in [0.5, 0.6) is 0 Å². The van der Waals surface area contributed by atoms with E-state index in [1.807, 2.05) is 19.1 Å². The van der Waals surface area contributed by atoms with Gasteiger partial charge in [-0.15, -0.1) is 5.10 Å². The van der Waals surface area contributed by atoms with Crippen LogP contribution in [0, 0.1) is 12.8 Å². The number of aromatic nitrogens is 3. The summed E-state index contributed by atoms with van der Waals surface area (Å²) in [6.07, 6.45) is 7.16. The van der Waals surface area contributed by atoms with Gasteiger partial charge >= 0.3 is 0 Å². The molecule has 1 aromatic heterocycles. The zero-order valence-corrected chi connectivity index (χ0v) is 17.2. The van der Waals surface area contributed by atoms with Crippen LogP contribution in [0.2, 0.25) is 0 Å². The Morgan fingerprint density at radius 2 is 2.10 bits per heavy atom. The van der Waals surface area contributed by atoms with Crippen LogP contribution < -0.4 is 5.32 Å². The van der Waals surface area contributed by atoms with Crippen LogP contribution in [0.3, 0.4) is 0 Å². The minimum atomic E-state index is -0.127. The largest absolute Gasteiger partial charge is 0.395 e. The molecule has 7 heteroatoms. The van der Waals surface area contributed by atoms with Crippen LogP contribution in [-0.4, -0.2) is 57.1 Å².